The minimum atomic E-state index is 0.830. The van der Waals surface area contributed by atoms with Crippen LogP contribution in [0.3, 0.4) is 0 Å². The van der Waals surface area contributed by atoms with E-state index in [1.165, 1.54) is 0 Å². The molecular weight excluding hydrogens is 136 g/mol. The molecule has 0 fully saturated rings. The zero-order chi connectivity index (χ0) is 8.69. The molecule has 0 heterocycles. The third-order valence-corrected chi connectivity index (χ3v) is 1.68. The van der Waals surface area contributed by atoms with Gasteiger partial charge in [0.1, 0.15) is 6.29 Å². The predicted molar refractivity (Wildman–Crippen MR) is 48.5 cm³/mol. The Morgan fingerprint density at radius 1 is 1.18 bits per heavy atom. The molecule has 0 radical (unpaired) electrons. The average molecular weight is 152 g/mol. The first kappa shape index (κ1) is 10.2. The molecule has 0 unspecified atom stereocenters. The Morgan fingerprint density at radius 2 is 1.73 bits per heavy atom. The molecule has 1 nitrogen and oxygen atoms in total. The summed E-state index contributed by atoms with van der Waals surface area (Å²) in [5.74, 6) is 0. The van der Waals surface area contributed by atoms with Crippen LogP contribution in [0.5, 0.6) is 0 Å². The van der Waals surface area contributed by atoms with Crippen molar-refractivity contribution in [2.45, 2.75) is 33.6 Å². The van der Waals surface area contributed by atoms with Gasteiger partial charge in [0.05, 0.1) is 0 Å². The van der Waals surface area contributed by atoms with E-state index in [4.69, 9.17) is 0 Å². The van der Waals surface area contributed by atoms with Crippen molar-refractivity contribution in [3.8, 4) is 0 Å². The number of carbonyl (C=O) groups is 1. The largest absolute Gasteiger partial charge is 0.298 e. The third-order valence-electron chi connectivity index (χ3n) is 1.68. The van der Waals surface area contributed by atoms with Gasteiger partial charge in [0, 0.05) is 0 Å². The van der Waals surface area contributed by atoms with Gasteiger partial charge in [-0.05, 0) is 30.9 Å². The minimum absolute atomic E-state index is 0.830. The van der Waals surface area contributed by atoms with E-state index < -0.39 is 0 Å². The zero-order valence-corrected chi connectivity index (χ0v) is 7.55. The van der Waals surface area contributed by atoms with Crippen molar-refractivity contribution in [3.05, 3.63) is 23.3 Å². The fraction of sp³-hybridized carbons (Fsp3) is 0.500. The molecule has 0 saturated heterocycles. The van der Waals surface area contributed by atoms with Gasteiger partial charge in [0.25, 0.3) is 0 Å². The van der Waals surface area contributed by atoms with Crippen LogP contribution in [0.4, 0.5) is 0 Å². The second-order valence-electron chi connectivity index (χ2n) is 2.38. The second-order valence-corrected chi connectivity index (χ2v) is 2.38. The molecule has 0 saturated carbocycles. The predicted octanol–water partition coefficient (Wildman–Crippen LogP) is 2.88. The van der Waals surface area contributed by atoms with E-state index in [9.17, 15) is 4.79 Å². The van der Waals surface area contributed by atoms with Gasteiger partial charge in [0.15, 0.2) is 0 Å². The quantitative estimate of drug-likeness (QED) is 0.344. The Hall–Kier alpha value is -0.850. The lowest BCUT2D eigenvalue weighted by Crippen LogP contribution is -1.88. The van der Waals surface area contributed by atoms with E-state index in [-0.39, 0.29) is 0 Å². The van der Waals surface area contributed by atoms with Crippen molar-refractivity contribution in [3.63, 3.8) is 0 Å². The summed E-state index contributed by atoms with van der Waals surface area (Å²) in [5.41, 5.74) is 2.08. The molecule has 0 aromatic rings. The molecule has 0 spiro atoms. The van der Waals surface area contributed by atoms with Gasteiger partial charge < -0.3 is 0 Å². The fourth-order valence-corrected chi connectivity index (χ4v) is 1.04. The maximum Gasteiger partial charge on any atom is 0.146 e. The van der Waals surface area contributed by atoms with E-state index in [2.05, 4.69) is 6.92 Å². The van der Waals surface area contributed by atoms with E-state index in [0.29, 0.717) is 0 Å². The number of allylic oxidation sites excluding steroid dienone is 4. The van der Waals surface area contributed by atoms with Gasteiger partial charge in [0.2, 0.25) is 0 Å². The van der Waals surface area contributed by atoms with E-state index in [1.54, 1.807) is 0 Å². The Labute approximate surface area is 68.8 Å². The summed E-state index contributed by atoms with van der Waals surface area (Å²) in [5, 5.41) is 0. The van der Waals surface area contributed by atoms with Gasteiger partial charge in [-0.25, -0.2) is 0 Å². The Bertz CT molecular complexity index is 175. The summed E-state index contributed by atoms with van der Waals surface area (Å²) in [6.07, 6.45) is 6.70. The Balaban J connectivity index is 4.61. The maximum atomic E-state index is 10.5. The normalized spacial score (nSPS) is 13.4. The van der Waals surface area contributed by atoms with Crippen molar-refractivity contribution in [1.29, 1.82) is 0 Å². The molecule has 0 amide bonds. The highest BCUT2D eigenvalue weighted by Gasteiger charge is 1.97. The molecular formula is C10H16O. The Morgan fingerprint density at radius 3 is 2.00 bits per heavy atom. The molecule has 0 N–H and O–H groups in total. The second kappa shape index (κ2) is 5.90. The van der Waals surface area contributed by atoms with Crippen LogP contribution in [0.1, 0.15) is 33.6 Å². The lowest BCUT2D eigenvalue weighted by atomic mass is 10.0. The number of carbonyl (C=O) groups excluding carboxylic acids is 1. The molecule has 0 aromatic heterocycles. The van der Waals surface area contributed by atoms with Gasteiger partial charge in [-0.15, -0.1) is 0 Å². The zero-order valence-electron chi connectivity index (χ0n) is 7.55. The van der Waals surface area contributed by atoms with Crippen LogP contribution in [-0.2, 0) is 4.79 Å². The highest BCUT2D eigenvalue weighted by atomic mass is 16.1. The van der Waals surface area contributed by atoms with Crippen LogP contribution in [0.2, 0.25) is 0 Å². The molecule has 0 aliphatic carbocycles. The van der Waals surface area contributed by atoms with Crippen molar-refractivity contribution in [2.75, 3.05) is 0 Å². The van der Waals surface area contributed by atoms with Crippen LogP contribution >= 0.6 is 0 Å². The number of rotatable bonds is 4. The molecule has 0 bridgehead atoms. The monoisotopic (exact) mass is 152 g/mol. The van der Waals surface area contributed by atoms with Crippen molar-refractivity contribution >= 4 is 6.29 Å². The molecule has 0 aliphatic heterocycles. The first-order chi connectivity index (χ1) is 5.29. The minimum Gasteiger partial charge on any atom is -0.298 e. The highest BCUT2D eigenvalue weighted by Crippen LogP contribution is 2.11. The summed E-state index contributed by atoms with van der Waals surface area (Å²) in [4.78, 5) is 10.5. The van der Waals surface area contributed by atoms with Gasteiger partial charge >= 0.3 is 0 Å². The highest BCUT2D eigenvalue weighted by molar-refractivity contribution is 5.75. The molecule has 0 aromatic carbocycles. The van der Waals surface area contributed by atoms with Gasteiger partial charge in [-0.1, -0.05) is 26.0 Å². The van der Waals surface area contributed by atoms with Crippen molar-refractivity contribution in [1.82, 2.24) is 0 Å². The third kappa shape index (κ3) is 3.17. The smallest absolute Gasteiger partial charge is 0.146 e. The topological polar surface area (TPSA) is 17.1 Å². The summed E-state index contributed by atoms with van der Waals surface area (Å²) >= 11 is 0. The van der Waals surface area contributed by atoms with Gasteiger partial charge in [-0.2, -0.15) is 0 Å². The number of hydrogen-bond donors (Lipinski definition) is 0. The SMILES string of the molecule is CC=C/C(CC)=C(\C=O)CC. The average Bonchev–Trinajstić information content (AvgIpc) is 2.05. The summed E-state index contributed by atoms with van der Waals surface area (Å²) in [6, 6.07) is 0. The first-order valence-corrected chi connectivity index (χ1v) is 4.10. The van der Waals surface area contributed by atoms with E-state index >= 15 is 0 Å². The summed E-state index contributed by atoms with van der Waals surface area (Å²) in [6.45, 7) is 6.03. The molecule has 0 rings (SSSR count). The molecule has 1 heteroatoms. The first-order valence-electron chi connectivity index (χ1n) is 4.10. The maximum absolute atomic E-state index is 10.5. The molecule has 0 atom stereocenters. The molecule has 62 valence electrons. The van der Waals surface area contributed by atoms with Crippen molar-refractivity contribution in [2.24, 2.45) is 0 Å². The van der Waals surface area contributed by atoms with E-state index in [0.717, 1.165) is 30.3 Å². The van der Waals surface area contributed by atoms with Crippen LogP contribution in [-0.4, -0.2) is 6.29 Å². The Kier molecular flexibility index (Phi) is 5.44. The van der Waals surface area contributed by atoms with Crippen molar-refractivity contribution < 1.29 is 4.79 Å². The van der Waals surface area contributed by atoms with E-state index in [1.807, 2.05) is 26.0 Å². The molecule has 11 heavy (non-hydrogen) atoms. The van der Waals surface area contributed by atoms with Crippen LogP contribution in [0.15, 0.2) is 23.3 Å². The van der Waals surface area contributed by atoms with Crippen LogP contribution < -0.4 is 0 Å². The van der Waals surface area contributed by atoms with Gasteiger partial charge in [-0.3, -0.25) is 4.79 Å². The fourth-order valence-electron chi connectivity index (χ4n) is 1.04. The molecule has 0 aliphatic rings. The summed E-state index contributed by atoms with van der Waals surface area (Å²) < 4.78 is 0. The number of hydrogen-bond acceptors (Lipinski definition) is 1. The van der Waals surface area contributed by atoms with Crippen LogP contribution in [0.25, 0.3) is 0 Å². The standard InChI is InChI=1S/C10H16O/c1-4-7-9(5-2)10(6-3)8-11/h4,7-8H,5-6H2,1-3H3/b7-4?,10-9-. The van der Waals surface area contributed by atoms with Crippen LogP contribution in [0, 0.1) is 0 Å². The summed E-state index contributed by atoms with van der Waals surface area (Å²) in [7, 11) is 0. The number of aldehydes is 1. The lowest BCUT2D eigenvalue weighted by molar-refractivity contribution is -0.105. The lowest BCUT2D eigenvalue weighted by Gasteiger charge is -2.00.